The predicted molar refractivity (Wildman–Crippen MR) is 58.5 cm³/mol. The van der Waals surface area contributed by atoms with Gasteiger partial charge in [0.1, 0.15) is 6.61 Å². The highest BCUT2D eigenvalue weighted by Gasteiger charge is 2.14. The molecule has 0 aromatic carbocycles. The van der Waals surface area contributed by atoms with Crippen LogP contribution in [0.2, 0.25) is 0 Å². The van der Waals surface area contributed by atoms with Crippen molar-refractivity contribution >= 4 is 15.9 Å². The van der Waals surface area contributed by atoms with Gasteiger partial charge in [-0.15, -0.1) is 0 Å². The number of aliphatic hydroxyl groups is 1. The second-order valence-electron chi connectivity index (χ2n) is 3.88. The Balaban J connectivity index is 2.68. The number of aromatic nitrogens is 1. The Morgan fingerprint density at radius 1 is 1.57 bits per heavy atom. The predicted octanol–water partition coefficient (Wildman–Crippen LogP) is 2.30. The van der Waals surface area contributed by atoms with Crippen molar-refractivity contribution in [2.75, 3.05) is 6.61 Å². The molecular weight excluding hydrogens is 246 g/mol. The zero-order valence-corrected chi connectivity index (χ0v) is 10.1. The van der Waals surface area contributed by atoms with Gasteiger partial charge >= 0.3 is 0 Å². The van der Waals surface area contributed by atoms with Crippen LogP contribution in [0, 0.1) is 6.92 Å². The van der Waals surface area contributed by atoms with Crippen LogP contribution in [0.15, 0.2) is 16.7 Å². The number of hydrogen-bond donors (Lipinski definition) is 1. The molecule has 1 rings (SSSR count). The van der Waals surface area contributed by atoms with Gasteiger partial charge in [-0.3, -0.25) is 0 Å². The molecular formula is C10H14BrNO2. The maximum atomic E-state index is 9.46. The van der Waals surface area contributed by atoms with Gasteiger partial charge in [-0.2, -0.15) is 0 Å². The third-order valence-corrected chi connectivity index (χ3v) is 1.99. The average Bonchev–Trinajstić information content (AvgIpc) is 2.00. The summed E-state index contributed by atoms with van der Waals surface area (Å²) in [5, 5.41) is 9.46. The summed E-state index contributed by atoms with van der Waals surface area (Å²) < 4.78 is 6.30. The maximum absolute atomic E-state index is 9.46. The van der Waals surface area contributed by atoms with Crippen molar-refractivity contribution in [3.8, 4) is 5.88 Å². The number of nitrogens with zero attached hydrogens (tertiary/aromatic N) is 1. The lowest BCUT2D eigenvalue weighted by Crippen LogP contribution is -2.28. The molecule has 1 aromatic heterocycles. The van der Waals surface area contributed by atoms with Crippen LogP contribution in [0.3, 0.4) is 0 Å². The van der Waals surface area contributed by atoms with E-state index in [9.17, 15) is 5.11 Å². The highest BCUT2D eigenvalue weighted by molar-refractivity contribution is 9.10. The summed E-state index contributed by atoms with van der Waals surface area (Å²) in [4.78, 5) is 4.10. The van der Waals surface area contributed by atoms with Gasteiger partial charge in [0.25, 0.3) is 0 Å². The third-order valence-electron chi connectivity index (χ3n) is 1.56. The van der Waals surface area contributed by atoms with Crippen molar-refractivity contribution in [1.29, 1.82) is 0 Å². The summed E-state index contributed by atoms with van der Waals surface area (Å²) >= 11 is 3.32. The van der Waals surface area contributed by atoms with Gasteiger partial charge in [0.2, 0.25) is 5.88 Å². The Bertz CT molecular complexity index is 320. The smallest absolute Gasteiger partial charge is 0.216 e. The number of hydrogen-bond acceptors (Lipinski definition) is 3. The average molecular weight is 260 g/mol. The van der Waals surface area contributed by atoms with Gasteiger partial charge in [0.05, 0.1) is 5.60 Å². The molecule has 0 saturated carbocycles. The summed E-state index contributed by atoms with van der Waals surface area (Å²) in [6.45, 7) is 5.54. The molecule has 1 aromatic rings. The molecule has 0 amide bonds. The van der Waals surface area contributed by atoms with Gasteiger partial charge < -0.3 is 9.84 Å². The lowest BCUT2D eigenvalue weighted by Gasteiger charge is -2.17. The summed E-state index contributed by atoms with van der Waals surface area (Å²) in [5.41, 5.74) is 0.116. The third kappa shape index (κ3) is 3.64. The number of pyridine rings is 1. The quantitative estimate of drug-likeness (QED) is 0.906. The molecule has 0 aliphatic rings. The van der Waals surface area contributed by atoms with Crippen LogP contribution in [-0.2, 0) is 0 Å². The van der Waals surface area contributed by atoms with Crippen molar-refractivity contribution < 1.29 is 9.84 Å². The van der Waals surface area contributed by atoms with Crippen LogP contribution in [-0.4, -0.2) is 22.3 Å². The summed E-state index contributed by atoms with van der Waals surface area (Å²) in [6.07, 6.45) is 1.67. The van der Waals surface area contributed by atoms with Crippen LogP contribution in [0.25, 0.3) is 0 Å². The van der Waals surface area contributed by atoms with E-state index in [1.54, 1.807) is 20.0 Å². The number of ether oxygens (including phenoxy) is 1. The van der Waals surface area contributed by atoms with Gasteiger partial charge in [0, 0.05) is 16.2 Å². The first kappa shape index (κ1) is 11.5. The summed E-state index contributed by atoms with van der Waals surface area (Å²) in [7, 11) is 0. The monoisotopic (exact) mass is 259 g/mol. The van der Waals surface area contributed by atoms with Crippen LogP contribution in [0.4, 0.5) is 0 Å². The van der Waals surface area contributed by atoms with Gasteiger partial charge in [0.15, 0.2) is 0 Å². The minimum atomic E-state index is -0.832. The second kappa shape index (κ2) is 4.28. The van der Waals surface area contributed by atoms with Gasteiger partial charge in [-0.1, -0.05) is 0 Å². The number of rotatable bonds is 3. The zero-order valence-electron chi connectivity index (χ0n) is 8.54. The minimum absolute atomic E-state index is 0.239. The van der Waals surface area contributed by atoms with Crippen molar-refractivity contribution in [3.63, 3.8) is 0 Å². The van der Waals surface area contributed by atoms with E-state index < -0.39 is 5.60 Å². The lowest BCUT2D eigenvalue weighted by molar-refractivity contribution is 0.0266. The fraction of sp³-hybridized carbons (Fsp3) is 0.500. The van der Waals surface area contributed by atoms with Crippen LogP contribution in [0.1, 0.15) is 19.4 Å². The van der Waals surface area contributed by atoms with E-state index in [0.29, 0.717) is 5.88 Å². The molecule has 14 heavy (non-hydrogen) atoms. The van der Waals surface area contributed by atoms with Crippen molar-refractivity contribution in [1.82, 2.24) is 4.98 Å². The molecule has 0 aliphatic carbocycles. The molecule has 0 saturated heterocycles. The maximum Gasteiger partial charge on any atom is 0.216 e. The highest BCUT2D eigenvalue weighted by Crippen LogP contribution is 2.19. The van der Waals surface area contributed by atoms with E-state index in [4.69, 9.17) is 4.74 Å². The van der Waals surface area contributed by atoms with Gasteiger partial charge in [-0.05, 0) is 42.8 Å². The van der Waals surface area contributed by atoms with Crippen LogP contribution in [0.5, 0.6) is 5.88 Å². The van der Waals surface area contributed by atoms with E-state index >= 15 is 0 Å². The zero-order chi connectivity index (χ0) is 10.8. The Kier molecular flexibility index (Phi) is 3.50. The minimum Gasteiger partial charge on any atom is -0.474 e. The molecule has 0 radical (unpaired) electrons. The number of aryl methyl sites for hydroxylation is 1. The topological polar surface area (TPSA) is 42.4 Å². The first-order chi connectivity index (χ1) is 6.38. The Morgan fingerprint density at radius 2 is 2.21 bits per heavy atom. The molecule has 3 nitrogen and oxygen atoms in total. The summed E-state index contributed by atoms with van der Waals surface area (Å²) in [6, 6.07) is 1.92. The molecule has 78 valence electrons. The molecule has 0 atom stereocenters. The standard InChI is InChI=1S/C10H14BrNO2/c1-7-4-8(11)5-12-9(7)14-6-10(2,3)13/h4-5,13H,6H2,1-3H3. The first-order valence-corrected chi connectivity index (χ1v) is 5.15. The lowest BCUT2D eigenvalue weighted by atomic mass is 10.2. The summed E-state index contributed by atoms with van der Waals surface area (Å²) in [5.74, 6) is 0.565. The fourth-order valence-corrected chi connectivity index (χ4v) is 1.37. The fourth-order valence-electron chi connectivity index (χ4n) is 0.924. The molecule has 1 N–H and O–H groups in total. The van der Waals surface area contributed by atoms with E-state index in [0.717, 1.165) is 10.0 Å². The van der Waals surface area contributed by atoms with Gasteiger partial charge in [-0.25, -0.2) is 4.98 Å². The van der Waals surface area contributed by atoms with Crippen molar-refractivity contribution in [2.24, 2.45) is 0 Å². The molecule has 0 bridgehead atoms. The Hall–Kier alpha value is -0.610. The van der Waals surface area contributed by atoms with E-state index in [2.05, 4.69) is 20.9 Å². The Labute approximate surface area is 92.3 Å². The molecule has 0 fully saturated rings. The molecule has 0 aliphatic heterocycles. The number of halogens is 1. The Morgan fingerprint density at radius 3 is 2.71 bits per heavy atom. The molecule has 0 spiro atoms. The molecule has 1 heterocycles. The normalized spacial score (nSPS) is 11.5. The van der Waals surface area contributed by atoms with Crippen LogP contribution < -0.4 is 4.74 Å². The van der Waals surface area contributed by atoms with Crippen molar-refractivity contribution in [2.45, 2.75) is 26.4 Å². The molecule has 4 heteroatoms. The highest BCUT2D eigenvalue weighted by atomic mass is 79.9. The SMILES string of the molecule is Cc1cc(Br)cnc1OCC(C)(C)O. The van der Waals surface area contributed by atoms with Crippen LogP contribution >= 0.6 is 15.9 Å². The van der Waals surface area contributed by atoms with E-state index in [-0.39, 0.29) is 6.61 Å². The van der Waals surface area contributed by atoms with E-state index in [1.165, 1.54) is 0 Å². The van der Waals surface area contributed by atoms with E-state index in [1.807, 2.05) is 13.0 Å². The first-order valence-electron chi connectivity index (χ1n) is 4.36. The molecule has 0 unspecified atom stereocenters. The van der Waals surface area contributed by atoms with Crippen molar-refractivity contribution in [3.05, 3.63) is 22.3 Å². The second-order valence-corrected chi connectivity index (χ2v) is 4.79. The largest absolute Gasteiger partial charge is 0.474 e.